The quantitative estimate of drug-likeness (QED) is 0.882. The normalized spacial score (nSPS) is 11.7. The molecule has 0 bridgehead atoms. The van der Waals surface area contributed by atoms with Gasteiger partial charge in [0, 0.05) is 13.6 Å². The summed E-state index contributed by atoms with van der Waals surface area (Å²) in [5, 5.41) is 10.1. The number of aryl methyl sites for hydroxylation is 2. The van der Waals surface area contributed by atoms with Crippen LogP contribution in [0.2, 0.25) is 5.15 Å². The Hall–Kier alpha value is -0.870. The Kier molecular flexibility index (Phi) is 3.76. The van der Waals surface area contributed by atoms with E-state index in [1.54, 1.807) is 13.8 Å². The third-order valence-corrected chi connectivity index (χ3v) is 2.49. The molecule has 1 heterocycles. The summed E-state index contributed by atoms with van der Waals surface area (Å²) in [7, 11) is 1.84. The van der Waals surface area contributed by atoms with E-state index in [0.29, 0.717) is 17.5 Å². The first-order chi connectivity index (χ1) is 7.20. The fourth-order valence-corrected chi connectivity index (χ4v) is 1.78. The van der Waals surface area contributed by atoms with Crippen molar-refractivity contribution in [2.75, 3.05) is 18.5 Å². The zero-order valence-corrected chi connectivity index (χ0v) is 11.1. The fraction of sp³-hybridized carbons (Fsp3) is 0.636. The molecule has 0 radical (unpaired) electrons. The van der Waals surface area contributed by atoms with Crippen LogP contribution in [-0.2, 0) is 0 Å². The zero-order valence-electron chi connectivity index (χ0n) is 10.4. The van der Waals surface area contributed by atoms with Crippen LogP contribution < -0.4 is 4.90 Å². The van der Waals surface area contributed by atoms with Gasteiger partial charge in [-0.25, -0.2) is 9.97 Å². The predicted octanol–water partition coefficient (Wildman–Crippen LogP) is 1.95. The van der Waals surface area contributed by atoms with Crippen molar-refractivity contribution in [3.8, 4) is 0 Å². The molecule has 0 saturated heterocycles. The van der Waals surface area contributed by atoms with E-state index in [4.69, 9.17) is 11.6 Å². The number of hydrogen-bond acceptors (Lipinski definition) is 4. The van der Waals surface area contributed by atoms with Crippen molar-refractivity contribution < 1.29 is 5.11 Å². The first kappa shape index (κ1) is 13.2. The summed E-state index contributed by atoms with van der Waals surface area (Å²) < 4.78 is 0. The van der Waals surface area contributed by atoms with Crippen LogP contribution in [0.25, 0.3) is 0 Å². The average molecular weight is 244 g/mol. The second-order valence-electron chi connectivity index (χ2n) is 4.68. The Labute approximate surface area is 101 Å². The summed E-state index contributed by atoms with van der Waals surface area (Å²) >= 11 is 6.03. The Balaban J connectivity index is 3.00. The van der Waals surface area contributed by atoms with E-state index < -0.39 is 5.60 Å². The molecule has 16 heavy (non-hydrogen) atoms. The first-order valence-corrected chi connectivity index (χ1v) is 5.53. The molecule has 0 aliphatic heterocycles. The topological polar surface area (TPSA) is 49.2 Å². The molecule has 0 spiro atoms. The molecule has 1 N–H and O–H groups in total. The number of rotatable bonds is 3. The molecule has 1 aromatic heterocycles. The molecule has 0 saturated carbocycles. The molecule has 0 aliphatic carbocycles. The first-order valence-electron chi connectivity index (χ1n) is 5.15. The lowest BCUT2D eigenvalue weighted by Gasteiger charge is -2.27. The second-order valence-corrected chi connectivity index (χ2v) is 5.04. The van der Waals surface area contributed by atoms with Crippen molar-refractivity contribution in [2.45, 2.75) is 33.3 Å². The van der Waals surface area contributed by atoms with Crippen LogP contribution in [0, 0.1) is 13.8 Å². The van der Waals surface area contributed by atoms with Crippen molar-refractivity contribution in [3.05, 3.63) is 16.5 Å². The van der Waals surface area contributed by atoms with Gasteiger partial charge in [-0.3, -0.25) is 0 Å². The van der Waals surface area contributed by atoms with Crippen LogP contribution in [0.3, 0.4) is 0 Å². The lowest BCUT2D eigenvalue weighted by molar-refractivity contribution is 0.0884. The average Bonchev–Trinajstić information content (AvgIpc) is 2.08. The Bertz CT molecular complexity index is 388. The summed E-state index contributed by atoms with van der Waals surface area (Å²) in [6.07, 6.45) is 0. The standard InChI is InChI=1S/C11H18ClN3O/c1-7-8(2)14-10(9(12)13-7)15(5)6-11(3,4)16/h16H,6H2,1-5H3. The molecule has 0 fully saturated rings. The van der Waals surface area contributed by atoms with Crippen molar-refractivity contribution in [1.29, 1.82) is 0 Å². The van der Waals surface area contributed by atoms with Gasteiger partial charge in [-0.1, -0.05) is 11.6 Å². The Morgan fingerprint density at radius 3 is 2.25 bits per heavy atom. The molecule has 5 heteroatoms. The van der Waals surface area contributed by atoms with Crippen LogP contribution in [0.4, 0.5) is 5.82 Å². The summed E-state index contributed by atoms with van der Waals surface area (Å²) in [6.45, 7) is 7.69. The highest BCUT2D eigenvalue weighted by molar-refractivity contribution is 6.31. The molecule has 0 unspecified atom stereocenters. The second kappa shape index (κ2) is 4.55. The largest absolute Gasteiger partial charge is 0.389 e. The zero-order chi connectivity index (χ0) is 12.5. The smallest absolute Gasteiger partial charge is 0.171 e. The molecule has 0 amide bonds. The molecule has 0 aromatic carbocycles. The van der Waals surface area contributed by atoms with Crippen molar-refractivity contribution in [1.82, 2.24) is 9.97 Å². The summed E-state index contributed by atoms with van der Waals surface area (Å²) in [6, 6.07) is 0. The van der Waals surface area contributed by atoms with Crippen LogP contribution in [0.5, 0.6) is 0 Å². The van der Waals surface area contributed by atoms with E-state index in [0.717, 1.165) is 11.4 Å². The highest BCUT2D eigenvalue weighted by Crippen LogP contribution is 2.22. The number of likely N-dealkylation sites (N-methyl/N-ethyl adjacent to an activating group) is 1. The van der Waals surface area contributed by atoms with E-state index >= 15 is 0 Å². The maximum atomic E-state index is 9.73. The van der Waals surface area contributed by atoms with E-state index in [-0.39, 0.29) is 0 Å². The van der Waals surface area contributed by atoms with Gasteiger partial charge in [0.05, 0.1) is 17.0 Å². The molecule has 90 valence electrons. The summed E-state index contributed by atoms with van der Waals surface area (Å²) in [5.41, 5.74) is 0.880. The number of nitrogens with zero attached hydrogens (tertiary/aromatic N) is 3. The Morgan fingerprint density at radius 1 is 1.25 bits per heavy atom. The third kappa shape index (κ3) is 3.32. The lowest BCUT2D eigenvalue weighted by atomic mass is 10.1. The van der Waals surface area contributed by atoms with Crippen LogP contribution in [0.1, 0.15) is 25.2 Å². The van der Waals surface area contributed by atoms with Crippen molar-refractivity contribution in [3.63, 3.8) is 0 Å². The molecule has 0 atom stereocenters. The lowest BCUT2D eigenvalue weighted by Crippen LogP contribution is -2.37. The van der Waals surface area contributed by atoms with Gasteiger partial charge in [-0.05, 0) is 27.7 Å². The van der Waals surface area contributed by atoms with Gasteiger partial charge in [-0.15, -0.1) is 0 Å². The molecule has 1 rings (SSSR count). The maximum absolute atomic E-state index is 9.73. The van der Waals surface area contributed by atoms with Gasteiger partial charge in [-0.2, -0.15) is 0 Å². The Morgan fingerprint density at radius 2 is 1.75 bits per heavy atom. The summed E-state index contributed by atoms with van der Waals surface area (Å²) in [4.78, 5) is 10.4. The molecule has 1 aromatic rings. The van der Waals surface area contributed by atoms with Crippen molar-refractivity contribution >= 4 is 17.4 Å². The molecule has 0 aliphatic rings. The van der Waals surface area contributed by atoms with E-state index in [2.05, 4.69) is 9.97 Å². The van der Waals surface area contributed by atoms with Crippen LogP contribution in [-0.4, -0.2) is 34.3 Å². The summed E-state index contributed by atoms with van der Waals surface area (Å²) in [5.74, 6) is 0.604. The number of halogens is 1. The number of aromatic nitrogens is 2. The van der Waals surface area contributed by atoms with Crippen LogP contribution in [0.15, 0.2) is 0 Å². The SMILES string of the molecule is Cc1nc(Cl)c(N(C)CC(C)(C)O)nc1C. The van der Waals surface area contributed by atoms with Crippen LogP contribution >= 0.6 is 11.6 Å². The van der Waals surface area contributed by atoms with E-state index in [9.17, 15) is 5.11 Å². The molecule has 4 nitrogen and oxygen atoms in total. The van der Waals surface area contributed by atoms with Gasteiger partial charge in [0.15, 0.2) is 11.0 Å². The van der Waals surface area contributed by atoms with Gasteiger partial charge in [0.1, 0.15) is 0 Å². The number of anilines is 1. The minimum Gasteiger partial charge on any atom is -0.389 e. The highest BCUT2D eigenvalue weighted by atomic mass is 35.5. The van der Waals surface area contributed by atoms with Gasteiger partial charge >= 0.3 is 0 Å². The van der Waals surface area contributed by atoms with Crippen molar-refractivity contribution in [2.24, 2.45) is 0 Å². The van der Waals surface area contributed by atoms with Gasteiger partial charge in [0.25, 0.3) is 0 Å². The fourth-order valence-electron chi connectivity index (χ4n) is 1.46. The monoisotopic (exact) mass is 243 g/mol. The minimum atomic E-state index is -0.793. The highest BCUT2D eigenvalue weighted by Gasteiger charge is 2.19. The van der Waals surface area contributed by atoms with E-state index in [1.165, 1.54) is 0 Å². The van der Waals surface area contributed by atoms with Gasteiger partial charge in [0.2, 0.25) is 0 Å². The third-order valence-electron chi connectivity index (χ3n) is 2.23. The van der Waals surface area contributed by atoms with Gasteiger partial charge < -0.3 is 10.0 Å². The molecular formula is C11H18ClN3O. The predicted molar refractivity (Wildman–Crippen MR) is 66.1 cm³/mol. The van der Waals surface area contributed by atoms with E-state index in [1.807, 2.05) is 25.8 Å². The number of aliphatic hydroxyl groups is 1. The minimum absolute atomic E-state index is 0.370. The maximum Gasteiger partial charge on any atom is 0.171 e. The number of hydrogen-bond donors (Lipinski definition) is 1. The molecular weight excluding hydrogens is 226 g/mol.